The first-order valence-electron chi connectivity index (χ1n) is 8.27. The molecule has 0 aromatic carbocycles. The second kappa shape index (κ2) is 6.53. The number of amidine groups is 1. The van der Waals surface area contributed by atoms with E-state index in [-0.39, 0.29) is 29.9 Å². The van der Waals surface area contributed by atoms with Crippen LogP contribution in [-0.2, 0) is 10.0 Å². The van der Waals surface area contributed by atoms with Crippen molar-refractivity contribution in [1.82, 2.24) is 9.62 Å². The van der Waals surface area contributed by atoms with E-state index < -0.39 is 10.0 Å². The number of nitrogens with one attached hydrogen (secondary N) is 1. The van der Waals surface area contributed by atoms with Gasteiger partial charge in [0.25, 0.3) is 0 Å². The number of nitrogens with zero attached hydrogens (tertiary/aromatic N) is 2. The Balaban J connectivity index is 2.32. The van der Waals surface area contributed by atoms with E-state index in [2.05, 4.69) is 44.2 Å². The van der Waals surface area contributed by atoms with Crippen LogP contribution < -0.4 is 4.72 Å². The van der Waals surface area contributed by atoms with Crippen molar-refractivity contribution in [2.75, 3.05) is 18.9 Å². The van der Waals surface area contributed by atoms with E-state index in [0.717, 1.165) is 12.3 Å². The van der Waals surface area contributed by atoms with E-state index in [1.807, 2.05) is 0 Å². The lowest BCUT2D eigenvalue weighted by Crippen LogP contribution is -2.41. The van der Waals surface area contributed by atoms with Gasteiger partial charge in [-0.25, -0.2) is 13.1 Å². The molecule has 1 fully saturated rings. The highest BCUT2D eigenvalue weighted by Gasteiger charge is 2.39. The predicted molar refractivity (Wildman–Crippen MR) is 92.8 cm³/mol. The van der Waals surface area contributed by atoms with Crippen LogP contribution in [0.4, 0.5) is 0 Å². The summed E-state index contributed by atoms with van der Waals surface area (Å²) in [6.07, 6.45) is 1.52. The Bertz CT molecular complexity index is 617. The van der Waals surface area contributed by atoms with E-state index in [1.165, 1.54) is 11.3 Å². The molecule has 2 atom stereocenters. The summed E-state index contributed by atoms with van der Waals surface area (Å²) in [5, 5.41) is 8.89. The number of sulfonamides is 1. The summed E-state index contributed by atoms with van der Waals surface area (Å²) in [4.78, 5) is 7.01. The maximum absolute atomic E-state index is 12.0. The summed E-state index contributed by atoms with van der Waals surface area (Å²) in [5.74, 6) is 0.782. The monoisotopic (exact) mass is 343 g/mol. The van der Waals surface area contributed by atoms with Crippen LogP contribution in [0.25, 0.3) is 0 Å². The number of aliphatic imine (C=N–C) groups is 1. The van der Waals surface area contributed by atoms with E-state index >= 15 is 0 Å². The zero-order valence-electron chi connectivity index (χ0n) is 14.8. The molecule has 0 aromatic heterocycles. The van der Waals surface area contributed by atoms with Gasteiger partial charge in [0.05, 0.1) is 18.4 Å². The summed E-state index contributed by atoms with van der Waals surface area (Å²) in [5.41, 5.74) is 2.50. The third-order valence-electron chi connectivity index (χ3n) is 4.38. The summed E-state index contributed by atoms with van der Waals surface area (Å²) < 4.78 is 26.6. The number of aliphatic hydroxyl groups is 1. The van der Waals surface area contributed by atoms with Crippen molar-refractivity contribution >= 4 is 15.9 Å². The molecular formula is C16H29N3O3S. The standard InChI is InChI=1S/C16H29N3O3S/c1-6-14-17-11(2)15(16(3,4)5)13-9-12(10-19(13)14)18-23(21,22)8-7-20/h11-12,18,20H,6-10H2,1-5H3/t11-,12-/m0/s1. The van der Waals surface area contributed by atoms with Crippen LogP contribution in [0.3, 0.4) is 0 Å². The van der Waals surface area contributed by atoms with Crippen molar-refractivity contribution in [3.8, 4) is 0 Å². The first-order chi connectivity index (χ1) is 10.6. The third-order valence-corrected chi connectivity index (χ3v) is 5.79. The third kappa shape index (κ3) is 3.95. The molecule has 1 saturated heterocycles. The summed E-state index contributed by atoms with van der Waals surface area (Å²) >= 11 is 0. The summed E-state index contributed by atoms with van der Waals surface area (Å²) in [6, 6.07) is -0.0371. The first-order valence-corrected chi connectivity index (χ1v) is 9.93. The van der Waals surface area contributed by atoms with Crippen molar-refractivity contribution in [3.05, 3.63) is 11.3 Å². The number of rotatable bonds is 5. The van der Waals surface area contributed by atoms with E-state index in [0.29, 0.717) is 13.0 Å². The van der Waals surface area contributed by atoms with Gasteiger partial charge in [-0.2, -0.15) is 0 Å². The van der Waals surface area contributed by atoms with Crippen LogP contribution in [-0.4, -0.2) is 55.2 Å². The topological polar surface area (TPSA) is 82.0 Å². The second-order valence-electron chi connectivity index (χ2n) is 7.36. The highest BCUT2D eigenvalue weighted by Crippen LogP contribution is 2.40. The normalized spacial score (nSPS) is 25.7. The predicted octanol–water partition coefficient (Wildman–Crippen LogP) is 1.48. The molecule has 0 spiro atoms. The van der Waals surface area contributed by atoms with Crippen LogP contribution in [0.2, 0.25) is 0 Å². The fraction of sp³-hybridized carbons (Fsp3) is 0.812. The molecule has 0 aromatic rings. The van der Waals surface area contributed by atoms with Crippen LogP contribution in [0, 0.1) is 5.41 Å². The molecule has 6 nitrogen and oxygen atoms in total. The van der Waals surface area contributed by atoms with Gasteiger partial charge in [0.2, 0.25) is 10.0 Å². The molecule has 7 heteroatoms. The van der Waals surface area contributed by atoms with Crippen molar-refractivity contribution in [2.24, 2.45) is 10.4 Å². The quantitative estimate of drug-likeness (QED) is 0.792. The lowest BCUT2D eigenvalue weighted by molar-refractivity contribution is 0.319. The lowest BCUT2D eigenvalue weighted by atomic mass is 9.80. The fourth-order valence-corrected chi connectivity index (χ4v) is 4.73. The average molecular weight is 343 g/mol. The molecule has 132 valence electrons. The maximum atomic E-state index is 12.0. The van der Waals surface area contributed by atoms with Crippen molar-refractivity contribution in [3.63, 3.8) is 0 Å². The Morgan fingerprint density at radius 1 is 1.39 bits per heavy atom. The number of hydrogen-bond donors (Lipinski definition) is 2. The molecule has 23 heavy (non-hydrogen) atoms. The largest absolute Gasteiger partial charge is 0.395 e. The van der Waals surface area contributed by atoms with E-state index in [4.69, 9.17) is 10.1 Å². The van der Waals surface area contributed by atoms with Crippen LogP contribution >= 0.6 is 0 Å². The summed E-state index contributed by atoms with van der Waals surface area (Å²) in [7, 11) is -3.44. The molecule has 0 aliphatic carbocycles. The minimum Gasteiger partial charge on any atom is -0.395 e. The van der Waals surface area contributed by atoms with Crippen LogP contribution in [0.1, 0.15) is 47.5 Å². The van der Waals surface area contributed by atoms with E-state index in [9.17, 15) is 8.42 Å². The Morgan fingerprint density at radius 3 is 2.57 bits per heavy atom. The molecular weight excluding hydrogens is 314 g/mol. The van der Waals surface area contributed by atoms with Gasteiger partial charge in [-0.15, -0.1) is 0 Å². The van der Waals surface area contributed by atoms with Gasteiger partial charge in [0.15, 0.2) is 0 Å². The Kier molecular flexibility index (Phi) is 5.23. The first kappa shape index (κ1) is 18.4. The Hall–Kier alpha value is -0.920. The van der Waals surface area contributed by atoms with Gasteiger partial charge in [0, 0.05) is 31.1 Å². The molecule has 2 heterocycles. The fourth-order valence-electron chi connectivity index (χ4n) is 3.71. The average Bonchev–Trinajstić information content (AvgIpc) is 2.77. The lowest BCUT2D eigenvalue weighted by Gasteiger charge is -2.37. The van der Waals surface area contributed by atoms with Gasteiger partial charge in [-0.1, -0.05) is 27.7 Å². The Morgan fingerprint density at radius 2 is 2.04 bits per heavy atom. The molecule has 0 saturated carbocycles. The number of aliphatic hydroxyl groups excluding tert-OH is 1. The van der Waals surface area contributed by atoms with Gasteiger partial charge in [-0.05, 0) is 17.9 Å². The molecule has 0 radical (unpaired) electrons. The van der Waals surface area contributed by atoms with Crippen molar-refractivity contribution < 1.29 is 13.5 Å². The molecule has 2 rings (SSSR count). The minimum absolute atomic E-state index is 0.00532. The summed E-state index contributed by atoms with van der Waals surface area (Å²) in [6.45, 7) is 11.0. The minimum atomic E-state index is -3.44. The number of hydrogen-bond acceptors (Lipinski definition) is 5. The SMILES string of the molecule is CCC1=N[C@@H](C)C(C(C)(C)C)=C2C[C@H](NS(=O)(=O)CCO)CN12. The van der Waals surface area contributed by atoms with Gasteiger partial charge in [0.1, 0.15) is 5.84 Å². The second-order valence-corrected chi connectivity index (χ2v) is 9.23. The molecule has 2 aliphatic heterocycles. The molecule has 0 amide bonds. The molecule has 0 bridgehead atoms. The molecule has 0 unspecified atom stereocenters. The van der Waals surface area contributed by atoms with Gasteiger partial charge < -0.3 is 10.0 Å². The van der Waals surface area contributed by atoms with Gasteiger partial charge in [-0.3, -0.25) is 4.99 Å². The van der Waals surface area contributed by atoms with Gasteiger partial charge >= 0.3 is 0 Å². The van der Waals surface area contributed by atoms with E-state index in [1.54, 1.807) is 0 Å². The number of fused-ring (bicyclic) bond motifs is 1. The zero-order chi connectivity index (χ0) is 17.4. The molecule has 2 aliphatic rings. The maximum Gasteiger partial charge on any atom is 0.214 e. The van der Waals surface area contributed by atoms with Crippen molar-refractivity contribution in [1.29, 1.82) is 0 Å². The van der Waals surface area contributed by atoms with Crippen molar-refractivity contribution in [2.45, 2.75) is 59.5 Å². The highest BCUT2D eigenvalue weighted by molar-refractivity contribution is 7.89. The molecule has 2 N–H and O–H groups in total. The smallest absolute Gasteiger partial charge is 0.214 e. The highest BCUT2D eigenvalue weighted by atomic mass is 32.2. The Labute approximate surface area is 139 Å². The van der Waals surface area contributed by atoms with Crippen LogP contribution in [0.5, 0.6) is 0 Å². The van der Waals surface area contributed by atoms with Crippen LogP contribution in [0.15, 0.2) is 16.3 Å². The zero-order valence-corrected chi connectivity index (χ0v) is 15.6.